The van der Waals surface area contributed by atoms with Crippen LogP contribution in [0.25, 0.3) is 0 Å². The maximum Gasteiger partial charge on any atom is 0.309 e. The van der Waals surface area contributed by atoms with Crippen molar-refractivity contribution in [2.45, 2.75) is 33.2 Å². The van der Waals surface area contributed by atoms with E-state index in [-0.39, 0.29) is 11.8 Å². The Morgan fingerprint density at radius 3 is 2.78 bits per heavy atom. The Bertz CT molecular complexity index is 547. The van der Waals surface area contributed by atoms with Crippen molar-refractivity contribution < 1.29 is 13.9 Å². The Morgan fingerprint density at radius 1 is 1.35 bits per heavy atom. The minimum atomic E-state index is -0.0544. The second-order valence-electron chi connectivity index (χ2n) is 7.06. The van der Waals surface area contributed by atoms with Crippen LogP contribution in [0, 0.1) is 11.8 Å². The molecule has 0 bridgehead atoms. The first-order chi connectivity index (χ1) is 11.1. The van der Waals surface area contributed by atoms with E-state index in [4.69, 9.17) is 9.15 Å². The molecule has 6 heteroatoms. The van der Waals surface area contributed by atoms with Crippen molar-refractivity contribution in [2.75, 3.05) is 39.9 Å². The van der Waals surface area contributed by atoms with E-state index in [9.17, 15) is 4.79 Å². The molecule has 0 saturated carbocycles. The minimum Gasteiger partial charge on any atom is -0.437 e. The summed E-state index contributed by atoms with van der Waals surface area (Å²) in [7, 11) is 1.71. The van der Waals surface area contributed by atoms with Crippen LogP contribution in [0.1, 0.15) is 42.4 Å². The third-order valence-corrected chi connectivity index (χ3v) is 4.76. The highest BCUT2D eigenvalue weighted by molar-refractivity contribution is 5.89. The number of nitrogens with zero attached hydrogens (tertiary/aromatic N) is 3. The number of aromatic nitrogens is 1. The molecule has 1 saturated heterocycles. The van der Waals surface area contributed by atoms with Gasteiger partial charge >= 0.3 is 5.91 Å². The summed E-state index contributed by atoms with van der Waals surface area (Å²) in [4.78, 5) is 21.4. The molecule has 2 aliphatic heterocycles. The monoisotopic (exact) mass is 321 g/mol. The van der Waals surface area contributed by atoms with Crippen molar-refractivity contribution in [1.29, 1.82) is 0 Å². The molecule has 6 nitrogen and oxygen atoms in total. The molecule has 128 valence electrons. The number of carbonyl (C=O) groups is 1. The van der Waals surface area contributed by atoms with Crippen LogP contribution in [0.2, 0.25) is 0 Å². The van der Waals surface area contributed by atoms with Crippen molar-refractivity contribution in [3.8, 4) is 0 Å². The highest BCUT2D eigenvalue weighted by Crippen LogP contribution is 2.24. The molecular formula is C17H27N3O3. The number of hydrogen-bond donors (Lipinski definition) is 0. The maximum atomic E-state index is 12.7. The van der Waals surface area contributed by atoms with E-state index >= 15 is 0 Å². The highest BCUT2D eigenvalue weighted by atomic mass is 16.5. The second kappa shape index (κ2) is 7.01. The number of hydrogen-bond acceptors (Lipinski definition) is 5. The van der Waals surface area contributed by atoms with E-state index in [1.807, 2.05) is 4.90 Å². The van der Waals surface area contributed by atoms with Gasteiger partial charge in [-0.15, -0.1) is 0 Å². The number of fused-ring (bicyclic) bond motifs is 1. The van der Waals surface area contributed by atoms with Gasteiger partial charge in [0.05, 0.1) is 12.3 Å². The van der Waals surface area contributed by atoms with Gasteiger partial charge < -0.3 is 14.1 Å². The summed E-state index contributed by atoms with van der Waals surface area (Å²) in [6.07, 6.45) is 1.99. The lowest BCUT2D eigenvalue weighted by Crippen LogP contribution is -2.42. The lowest BCUT2D eigenvalue weighted by Gasteiger charge is -2.34. The summed E-state index contributed by atoms with van der Waals surface area (Å²) < 4.78 is 10.9. The predicted molar refractivity (Wildman–Crippen MR) is 86.2 cm³/mol. The highest BCUT2D eigenvalue weighted by Gasteiger charge is 2.31. The van der Waals surface area contributed by atoms with Crippen molar-refractivity contribution >= 4 is 5.91 Å². The molecule has 0 radical (unpaired) electrons. The van der Waals surface area contributed by atoms with Gasteiger partial charge in [-0.2, -0.15) is 0 Å². The number of ether oxygens (including phenoxy) is 1. The van der Waals surface area contributed by atoms with Crippen LogP contribution in [0.4, 0.5) is 0 Å². The van der Waals surface area contributed by atoms with Crippen molar-refractivity contribution in [2.24, 2.45) is 11.8 Å². The Kier molecular flexibility index (Phi) is 5.02. The Hall–Kier alpha value is -1.40. The third kappa shape index (κ3) is 3.75. The summed E-state index contributed by atoms with van der Waals surface area (Å²) in [6, 6.07) is 0. The topological polar surface area (TPSA) is 58.8 Å². The van der Waals surface area contributed by atoms with E-state index in [0.717, 1.165) is 50.6 Å². The number of rotatable bonds is 4. The largest absolute Gasteiger partial charge is 0.437 e. The molecular weight excluding hydrogens is 294 g/mol. The fourth-order valence-corrected chi connectivity index (χ4v) is 3.72. The van der Waals surface area contributed by atoms with Gasteiger partial charge in [0.1, 0.15) is 5.76 Å². The average Bonchev–Trinajstić information content (AvgIpc) is 2.94. The van der Waals surface area contributed by atoms with Gasteiger partial charge in [0, 0.05) is 46.3 Å². The average molecular weight is 321 g/mol. The van der Waals surface area contributed by atoms with Gasteiger partial charge in [0.2, 0.25) is 0 Å². The SMILES string of the molecule is COCCN1CCc2oc(C(=O)N3C[C@H](C)C[C@H](C)C3)nc2C1. The molecule has 23 heavy (non-hydrogen) atoms. The summed E-state index contributed by atoms with van der Waals surface area (Å²) in [6.45, 7) is 9.26. The van der Waals surface area contributed by atoms with Crippen LogP contribution in [0.15, 0.2) is 4.42 Å². The molecule has 0 aromatic carbocycles. The standard InChI is InChI=1S/C17H27N3O3/c1-12-8-13(2)10-20(9-12)17(21)16-18-14-11-19(6-7-22-3)5-4-15(14)23-16/h12-13H,4-11H2,1-3H3/t12-,13+. The van der Waals surface area contributed by atoms with Crippen LogP contribution < -0.4 is 0 Å². The van der Waals surface area contributed by atoms with E-state index in [1.54, 1.807) is 7.11 Å². The minimum absolute atomic E-state index is 0.0544. The molecule has 1 aromatic heterocycles. The zero-order chi connectivity index (χ0) is 16.4. The van der Waals surface area contributed by atoms with Gasteiger partial charge in [-0.1, -0.05) is 13.8 Å². The van der Waals surface area contributed by atoms with Gasteiger partial charge in [0.15, 0.2) is 0 Å². The molecule has 3 rings (SSSR count). The van der Waals surface area contributed by atoms with Crippen LogP contribution in [-0.2, 0) is 17.7 Å². The fraction of sp³-hybridized carbons (Fsp3) is 0.765. The first-order valence-corrected chi connectivity index (χ1v) is 8.56. The van der Waals surface area contributed by atoms with E-state index in [2.05, 4.69) is 23.7 Å². The van der Waals surface area contributed by atoms with Crippen LogP contribution in [0.5, 0.6) is 0 Å². The summed E-state index contributed by atoms with van der Waals surface area (Å²) in [5.41, 5.74) is 0.911. The van der Waals surface area contributed by atoms with Crippen molar-refractivity contribution in [3.63, 3.8) is 0 Å². The zero-order valence-corrected chi connectivity index (χ0v) is 14.4. The van der Waals surface area contributed by atoms with E-state index < -0.39 is 0 Å². The first kappa shape index (κ1) is 16.5. The number of amides is 1. The lowest BCUT2D eigenvalue weighted by atomic mass is 9.92. The third-order valence-electron chi connectivity index (χ3n) is 4.76. The Labute approximate surface area is 137 Å². The summed E-state index contributed by atoms with van der Waals surface area (Å²) >= 11 is 0. The first-order valence-electron chi connectivity index (χ1n) is 8.56. The lowest BCUT2D eigenvalue weighted by molar-refractivity contribution is 0.0581. The van der Waals surface area contributed by atoms with Crippen molar-refractivity contribution in [1.82, 2.24) is 14.8 Å². The molecule has 3 heterocycles. The van der Waals surface area contributed by atoms with Crippen LogP contribution in [0.3, 0.4) is 0 Å². The van der Waals surface area contributed by atoms with Crippen molar-refractivity contribution in [3.05, 3.63) is 17.3 Å². The normalized spacial score (nSPS) is 25.4. The molecule has 1 amide bonds. The predicted octanol–water partition coefficient (Wildman–Crippen LogP) is 1.80. The molecule has 1 fully saturated rings. The van der Waals surface area contributed by atoms with Gasteiger partial charge in [-0.05, 0) is 18.3 Å². The number of piperidine rings is 1. The molecule has 2 aliphatic rings. The maximum absolute atomic E-state index is 12.7. The van der Waals surface area contributed by atoms with Gasteiger partial charge in [-0.3, -0.25) is 9.69 Å². The molecule has 0 spiro atoms. The van der Waals surface area contributed by atoms with Crippen LogP contribution in [-0.4, -0.2) is 60.6 Å². The fourth-order valence-electron chi connectivity index (χ4n) is 3.72. The Morgan fingerprint density at radius 2 is 2.09 bits per heavy atom. The number of likely N-dealkylation sites (tertiary alicyclic amines) is 1. The molecule has 1 aromatic rings. The van der Waals surface area contributed by atoms with Crippen LogP contribution >= 0.6 is 0 Å². The van der Waals surface area contributed by atoms with E-state index in [1.165, 1.54) is 6.42 Å². The zero-order valence-electron chi connectivity index (χ0n) is 14.4. The number of carbonyl (C=O) groups excluding carboxylic acids is 1. The molecule has 0 N–H and O–H groups in total. The molecule has 2 atom stereocenters. The number of methoxy groups -OCH3 is 1. The summed E-state index contributed by atoms with van der Waals surface area (Å²) in [5.74, 6) is 2.17. The quantitative estimate of drug-likeness (QED) is 0.846. The Balaban J connectivity index is 1.68. The molecule has 0 unspecified atom stereocenters. The van der Waals surface area contributed by atoms with Gasteiger partial charge in [-0.25, -0.2) is 4.98 Å². The smallest absolute Gasteiger partial charge is 0.309 e. The van der Waals surface area contributed by atoms with Gasteiger partial charge in [0.25, 0.3) is 5.89 Å². The number of oxazole rings is 1. The molecule has 0 aliphatic carbocycles. The van der Waals surface area contributed by atoms with E-state index in [0.29, 0.717) is 18.4 Å². The second-order valence-corrected chi connectivity index (χ2v) is 7.06. The summed E-state index contributed by atoms with van der Waals surface area (Å²) in [5, 5.41) is 0.